The summed E-state index contributed by atoms with van der Waals surface area (Å²) in [6.07, 6.45) is 17.6. The summed E-state index contributed by atoms with van der Waals surface area (Å²) in [5.74, 6) is 1.73. The third-order valence-electron chi connectivity index (χ3n) is 6.59. The first-order valence-electron chi connectivity index (χ1n) is 10.4. The zero-order chi connectivity index (χ0) is 16.5. The Bertz CT molecular complexity index is 299. The SMILES string of the molecule is CCCCOC1CCC(C2(OC)CCC(CCCC)CC2)CC1. The molecule has 23 heavy (non-hydrogen) atoms. The van der Waals surface area contributed by atoms with Crippen LogP contribution in [0.2, 0.25) is 0 Å². The molecule has 0 aliphatic heterocycles. The van der Waals surface area contributed by atoms with Gasteiger partial charge in [-0.25, -0.2) is 0 Å². The zero-order valence-electron chi connectivity index (χ0n) is 15.9. The normalized spacial score (nSPS) is 35.3. The average Bonchev–Trinajstić information content (AvgIpc) is 2.61. The Balaban J connectivity index is 1.76. The number of hydrogen-bond acceptors (Lipinski definition) is 2. The van der Waals surface area contributed by atoms with Crippen LogP contribution in [0, 0.1) is 11.8 Å². The van der Waals surface area contributed by atoms with Crippen LogP contribution < -0.4 is 0 Å². The van der Waals surface area contributed by atoms with Crippen LogP contribution in [0.15, 0.2) is 0 Å². The molecule has 0 saturated heterocycles. The van der Waals surface area contributed by atoms with Gasteiger partial charge in [0.05, 0.1) is 11.7 Å². The zero-order valence-corrected chi connectivity index (χ0v) is 15.9. The van der Waals surface area contributed by atoms with Gasteiger partial charge in [0, 0.05) is 13.7 Å². The topological polar surface area (TPSA) is 18.5 Å². The van der Waals surface area contributed by atoms with Gasteiger partial charge in [-0.05, 0) is 69.6 Å². The van der Waals surface area contributed by atoms with Crippen LogP contribution in [0.1, 0.15) is 97.3 Å². The highest BCUT2D eigenvalue weighted by molar-refractivity contribution is 4.95. The van der Waals surface area contributed by atoms with E-state index in [1.54, 1.807) is 0 Å². The number of unbranched alkanes of at least 4 members (excludes halogenated alkanes) is 2. The molecule has 0 unspecified atom stereocenters. The van der Waals surface area contributed by atoms with E-state index in [9.17, 15) is 0 Å². The summed E-state index contributed by atoms with van der Waals surface area (Å²) in [5.41, 5.74) is 0.192. The van der Waals surface area contributed by atoms with E-state index < -0.39 is 0 Å². The molecule has 2 fully saturated rings. The molecule has 0 bridgehead atoms. The maximum Gasteiger partial charge on any atom is 0.0707 e. The maximum absolute atomic E-state index is 6.16. The van der Waals surface area contributed by atoms with Crippen molar-refractivity contribution in [2.45, 2.75) is 109 Å². The summed E-state index contributed by atoms with van der Waals surface area (Å²) in [5, 5.41) is 0. The molecule has 2 rings (SSSR count). The van der Waals surface area contributed by atoms with E-state index >= 15 is 0 Å². The van der Waals surface area contributed by atoms with Crippen molar-refractivity contribution in [2.24, 2.45) is 11.8 Å². The molecule has 2 nitrogen and oxygen atoms in total. The first-order chi connectivity index (χ1) is 11.2. The van der Waals surface area contributed by atoms with Gasteiger partial charge in [-0.15, -0.1) is 0 Å². The Hall–Kier alpha value is -0.0800. The van der Waals surface area contributed by atoms with E-state index in [4.69, 9.17) is 9.47 Å². The van der Waals surface area contributed by atoms with E-state index in [-0.39, 0.29) is 5.60 Å². The van der Waals surface area contributed by atoms with Gasteiger partial charge in [0.2, 0.25) is 0 Å². The molecule has 0 aromatic heterocycles. The van der Waals surface area contributed by atoms with Crippen LogP contribution in [0.5, 0.6) is 0 Å². The first-order valence-corrected chi connectivity index (χ1v) is 10.4. The largest absolute Gasteiger partial charge is 0.378 e. The molecule has 0 aromatic rings. The van der Waals surface area contributed by atoms with Gasteiger partial charge >= 0.3 is 0 Å². The van der Waals surface area contributed by atoms with Crippen LogP contribution in [-0.4, -0.2) is 25.4 Å². The monoisotopic (exact) mass is 324 g/mol. The van der Waals surface area contributed by atoms with Crippen molar-refractivity contribution >= 4 is 0 Å². The standard InChI is InChI=1S/C21H40O2/c1-4-6-8-18-13-15-21(22-3,16-14-18)19-9-11-20(12-10-19)23-17-7-5-2/h18-20H,4-17H2,1-3H3. The molecule has 2 aliphatic carbocycles. The van der Waals surface area contributed by atoms with Gasteiger partial charge in [0.15, 0.2) is 0 Å². The minimum Gasteiger partial charge on any atom is -0.378 e. The van der Waals surface area contributed by atoms with Crippen LogP contribution in [0.25, 0.3) is 0 Å². The molecular formula is C21H40O2. The quantitative estimate of drug-likeness (QED) is 0.475. The molecular weight excluding hydrogens is 284 g/mol. The molecule has 2 heteroatoms. The van der Waals surface area contributed by atoms with Gasteiger partial charge < -0.3 is 9.47 Å². The number of methoxy groups -OCH3 is 1. The minimum atomic E-state index is 0.192. The predicted octanol–water partition coefficient (Wildman–Crippen LogP) is 6.13. The van der Waals surface area contributed by atoms with E-state index in [1.807, 2.05) is 7.11 Å². The fraction of sp³-hybridized carbons (Fsp3) is 1.00. The Morgan fingerprint density at radius 2 is 1.52 bits per heavy atom. The fourth-order valence-electron chi connectivity index (χ4n) is 4.88. The lowest BCUT2D eigenvalue weighted by Crippen LogP contribution is -2.45. The van der Waals surface area contributed by atoms with E-state index in [2.05, 4.69) is 13.8 Å². The molecule has 0 heterocycles. The molecule has 0 radical (unpaired) electrons. The van der Waals surface area contributed by atoms with Crippen molar-refractivity contribution in [3.63, 3.8) is 0 Å². The summed E-state index contributed by atoms with van der Waals surface area (Å²) in [4.78, 5) is 0. The van der Waals surface area contributed by atoms with Crippen molar-refractivity contribution in [3.05, 3.63) is 0 Å². The highest BCUT2D eigenvalue weighted by atomic mass is 16.5. The Kier molecular flexibility index (Phi) is 8.40. The number of rotatable bonds is 9. The molecule has 2 saturated carbocycles. The molecule has 0 N–H and O–H groups in total. The van der Waals surface area contributed by atoms with E-state index in [0.29, 0.717) is 6.10 Å². The third kappa shape index (κ3) is 5.46. The van der Waals surface area contributed by atoms with Gasteiger partial charge in [-0.2, -0.15) is 0 Å². The third-order valence-corrected chi connectivity index (χ3v) is 6.59. The molecule has 0 spiro atoms. The van der Waals surface area contributed by atoms with E-state index in [0.717, 1.165) is 18.4 Å². The second-order valence-electron chi connectivity index (χ2n) is 8.05. The lowest BCUT2D eigenvalue weighted by atomic mass is 9.66. The van der Waals surface area contributed by atoms with Crippen molar-refractivity contribution in [2.75, 3.05) is 13.7 Å². The molecule has 0 amide bonds. The summed E-state index contributed by atoms with van der Waals surface area (Å²) < 4.78 is 12.2. The van der Waals surface area contributed by atoms with Crippen molar-refractivity contribution < 1.29 is 9.47 Å². The summed E-state index contributed by atoms with van der Waals surface area (Å²) in [6.45, 7) is 5.50. The molecule has 136 valence electrons. The van der Waals surface area contributed by atoms with Crippen molar-refractivity contribution in [1.82, 2.24) is 0 Å². The van der Waals surface area contributed by atoms with Crippen LogP contribution >= 0.6 is 0 Å². The van der Waals surface area contributed by atoms with Crippen molar-refractivity contribution in [3.8, 4) is 0 Å². The second kappa shape index (κ2) is 10.0. The fourth-order valence-corrected chi connectivity index (χ4v) is 4.88. The van der Waals surface area contributed by atoms with Gasteiger partial charge in [-0.1, -0.05) is 39.5 Å². The van der Waals surface area contributed by atoms with Crippen LogP contribution in [0.3, 0.4) is 0 Å². The summed E-state index contributed by atoms with van der Waals surface area (Å²) in [7, 11) is 1.97. The lowest BCUT2D eigenvalue weighted by molar-refractivity contribution is -0.113. The van der Waals surface area contributed by atoms with Gasteiger partial charge in [0.1, 0.15) is 0 Å². The number of hydrogen-bond donors (Lipinski definition) is 0. The average molecular weight is 325 g/mol. The summed E-state index contributed by atoms with van der Waals surface area (Å²) >= 11 is 0. The molecule has 0 aromatic carbocycles. The first kappa shape index (κ1) is 19.2. The predicted molar refractivity (Wildman–Crippen MR) is 97.8 cm³/mol. The second-order valence-corrected chi connectivity index (χ2v) is 8.05. The minimum absolute atomic E-state index is 0.192. The van der Waals surface area contributed by atoms with E-state index in [1.165, 1.54) is 83.5 Å². The Morgan fingerprint density at radius 1 is 0.870 bits per heavy atom. The Morgan fingerprint density at radius 3 is 2.09 bits per heavy atom. The summed E-state index contributed by atoms with van der Waals surface area (Å²) in [6, 6.07) is 0. The van der Waals surface area contributed by atoms with Gasteiger partial charge in [0.25, 0.3) is 0 Å². The lowest BCUT2D eigenvalue weighted by Gasteiger charge is -2.47. The van der Waals surface area contributed by atoms with Crippen molar-refractivity contribution in [1.29, 1.82) is 0 Å². The smallest absolute Gasteiger partial charge is 0.0707 e. The Labute approximate surface area is 144 Å². The van der Waals surface area contributed by atoms with Gasteiger partial charge in [-0.3, -0.25) is 0 Å². The maximum atomic E-state index is 6.16. The number of ether oxygens (including phenoxy) is 2. The highest BCUT2D eigenvalue weighted by Crippen LogP contribution is 2.46. The van der Waals surface area contributed by atoms with Crippen LogP contribution in [0.4, 0.5) is 0 Å². The molecule has 2 aliphatic rings. The highest BCUT2D eigenvalue weighted by Gasteiger charge is 2.43. The molecule has 0 atom stereocenters. The van der Waals surface area contributed by atoms with Crippen LogP contribution in [-0.2, 0) is 9.47 Å².